The summed E-state index contributed by atoms with van der Waals surface area (Å²) in [5, 5.41) is 5.52. The van der Waals surface area contributed by atoms with E-state index in [2.05, 4.69) is 26.6 Å². The van der Waals surface area contributed by atoms with Crippen molar-refractivity contribution >= 4 is 44.6 Å². The van der Waals surface area contributed by atoms with Crippen molar-refractivity contribution in [3.05, 3.63) is 27.3 Å². The molecule has 0 atom stereocenters. The van der Waals surface area contributed by atoms with Gasteiger partial charge in [0.25, 0.3) is 0 Å². The Morgan fingerprint density at radius 2 is 1.93 bits per heavy atom. The Hall–Kier alpha value is -1.99. The lowest BCUT2D eigenvalue weighted by atomic mass is 9.97. The highest BCUT2D eigenvalue weighted by Crippen LogP contribution is 2.41. The van der Waals surface area contributed by atoms with Crippen molar-refractivity contribution in [1.82, 2.24) is 14.9 Å². The van der Waals surface area contributed by atoms with E-state index in [0.29, 0.717) is 11.8 Å². The van der Waals surface area contributed by atoms with Gasteiger partial charge in [-0.25, -0.2) is 9.97 Å². The fraction of sp³-hybridized carbons (Fsp3) is 0.522. The maximum atomic E-state index is 12.6. The predicted molar refractivity (Wildman–Crippen MR) is 124 cm³/mol. The van der Waals surface area contributed by atoms with Crippen LogP contribution in [0.2, 0.25) is 0 Å². The van der Waals surface area contributed by atoms with Crippen LogP contribution in [0.5, 0.6) is 0 Å². The minimum Gasteiger partial charge on any atom is -0.354 e. The standard InChI is InChI=1S/C23H26N4OS2/c28-23(15-6-7-15)27-10-3-9-26(11-12-27)21-19-17-4-1-2-5-18(17)30-22(19)25-20(24-21)16-8-13-29-14-16/h8,13-15H,1-7,9-12H2. The molecule has 0 spiro atoms. The Kier molecular flexibility index (Phi) is 4.76. The van der Waals surface area contributed by atoms with E-state index < -0.39 is 0 Å². The fourth-order valence-corrected chi connectivity index (χ4v) is 6.72. The van der Waals surface area contributed by atoms with Gasteiger partial charge in [0.05, 0.1) is 5.39 Å². The van der Waals surface area contributed by atoms with Crippen molar-refractivity contribution in [2.75, 3.05) is 31.1 Å². The molecule has 0 aromatic carbocycles. The second kappa shape index (κ2) is 7.61. The van der Waals surface area contributed by atoms with Gasteiger partial charge in [-0.2, -0.15) is 11.3 Å². The van der Waals surface area contributed by atoms with E-state index in [4.69, 9.17) is 9.97 Å². The van der Waals surface area contributed by atoms with Crippen LogP contribution in [0, 0.1) is 5.92 Å². The van der Waals surface area contributed by atoms with Gasteiger partial charge < -0.3 is 9.80 Å². The highest BCUT2D eigenvalue weighted by Gasteiger charge is 2.34. The number of fused-ring (bicyclic) bond motifs is 3. The van der Waals surface area contributed by atoms with Crippen LogP contribution in [0.4, 0.5) is 5.82 Å². The van der Waals surface area contributed by atoms with Gasteiger partial charge >= 0.3 is 0 Å². The number of amides is 1. The summed E-state index contributed by atoms with van der Waals surface area (Å²) in [4.78, 5) is 29.9. The average molecular weight is 439 g/mol. The highest BCUT2D eigenvalue weighted by atomic mass is 32.1. The third-order valence-electron chi connectivity index (χ3n) is 6.61. The van der Waals surface area contributed by atoms with Gasteiger partial charge in [-0.3, -0.25) is 4.79 Å². The molecule has 2 aliphatic carbocycles. The maximum absolute atomic E-state index is 12.6. The van der Waals surface area contributed by atoms with Crippen LogP contribution in [0.25, 0.3) is 21.6 Å². The number of thiophene rings is 2. The summed E-state index contributed by atoms with van der Waals surface area (Å²) < 4.78 is 0. The van der Waals surface area contributed by atoms with Gasteiger partial charge in [0, 0.05) is 47.9 Å². The molecule has 3 aliphatic rings. The number of hydrogen-bond acceptors (Lipinski definition) is 6. The number of carbonyl (C=O) groups is 1. The van der Waals surface area contributed by atoms with Gasteiger partial charge in [-0.05, 0) is 62.0 Å². The lowest BCUT2D eigenvalue weighted by molar-refractivity contribution is -0.132. The molecule has 1 saturated heterocycles. The lowest BCUT2D eigenvalue weighted by Crippen LogP contribution is -2.36. The molecule has 3 aromatic heterocycles. The number of nitrogens with zero attached hydrogens (tertiary/aromatic N) is 4. The van der Waals surface area contributed by atoms with E-state index in [9.17, 15) is 4.79 Å². The summed E-state index contributed by atoms with van der Waals surface area (Å²) >= 11 is 3.56. The number of hydrogen-bond donors (Lipinski definition) is 0. The molecule has 30 heavy (non-hydrogen) atoms. The number of anilines is 1. The van der Waals surface area contributed by atoms with E-state index in [0.717, 1.165) is 73.9 Å². The first-order valence-corrected chi connectivity index (χ1v) is 12.9. The van der Waals surface area contributed by atoms with E-state index in [1.54, 1.807) is 11.3 Å². The van der Waals surface area contributed by atoms with Crippen LogP contribution in [-0.2, 0) is 17.6 Å². The highest BCUT2D eigenvalue weighted by molar-refractivity contribution is 7.19. The monoisotopic (exact) mass is 438 g/mol. The minimum absolute atomic E-state index is 0.302. The summed E-state index contributed by atoms with van der Waals surface area (Å²) in [5.41, 5.74) is 2.60. The lowest BCUT2D eigenvalue weighted by Gasteiger charge is -2.24. The van der Waals surface area contributed by atoms with Crippen molar-refractivity contribution < 1.29 is 4.79 Å². The number of aryl methyl sites for hydroxylation is 2. The van der Waals surface area contributed by atoms with Crippen LogP contribution < -0.4 is 4.90 Å². The first-order valence-electron chi connectivity index (χ1n) is 11.2. The molecule has 156 valence electrons. The Morgan fingerprint density at radius 3 is 2.77 bits per heavy atom. The van der Waals surface area contributed by atoms with E-state index in [1.807, 2.05) is 11.3 Å². The fourth-order valence-electron chi connectivity index (χ4n) is 4.83. The van der Waals surface area contributed by atoms with E-state index in [1.165, 1.54) is 35.1 Å². The van der Waals surface area contributed by atoms with Crippen molar-refractivity contribution in [3.63, 3.8) is 0 Å². The molecule has 1 saturated carbocycles. The van der Waals surface area contributed by atoms with E-state index in [-0.39, 0.29) is 0 Å². The van der Waals surface area contributed by atoms with Crippen LogP contribution in [0.3, 0.4) is 0 Å². The first-order chi connectivity index (χ1) is 14.8. The topological polar surface area (TPSA) is 49.3 Å². The quantitative estimate of drug-likeness (QED) is 0.592. The molecule has 1 amide bonds. The molecular formula is C23H26N4OS2. The molecule has 0 radical (unpaired) electrons. The molecule has 3 aromatic rings. The molecular weight excluding hydrogens is 412 g/mol. The summed E-state index contributed by atoms with van der Waals surface area (Å²) in [6.45, 7) is 3.49. The number of rotatable bonds is 3. The first kappa shape index (κ1) is 18.8. The average Bonchev–Trinajstić information content (AvgIpc) is 3.42. The third kappa shape index (κ3) is 3.32. The Balaban J connectivity index is 1.41. The zero-order valence-electron chi connectivity index (χ0n) is 17.1. The van der Waals surface area contributed by atoms with Gasteiger partial charge in [0.2, 0.25) is 5.91 Å². The SMILES string of the molecule is O=C(C1CC1)N1CCCN(c2nc(-c3ccsc3)nc3sc4c(c23)CCCC4)CC1. The molecule has 0 unspecified atom stereocenters. The van der Waals surface area contributed by atoms with Gasteiger partial charge in [-0.1, -0.05) is 0 Å². The largest absolute Gasteiger partial charge is 0.354 e. The zero-order chi connectivity index (χ0) is 20.1. The van der Waals surface area contributed by atoms with Gasteiger partial charge in [-0.15, -0.1) is 11.3 Å². The smallest absolute Gasteiger partial charge is 0.225 e. The third-order valence-corrected chi connectivity index (χ3v) is 8.48. The summed E-state index contributed by atoms with van der Waals surface area (Å²) in [5.74, 6) is 2.61. The van der Waals surface area contributed by atoms with E-state index >= 15 is 0 Å². The maximum Gasteiger partial charge on any atom is 0.225 e. The number of carbonyl (C=O) groups excluding carboxylic acids is 1. The predicted octanol–water partition coefficient (Wildman–Crippen LogP) is 4.75. The molecule has 0 N–H and O–H groups in total. The van der Waals surface area contributed by atoms with Crippen LogP contribution in [0.1, 0.15) is 42.5 Å². The Morgan fingerprint density at radius 1 is 1.03 bits per heavy atom. The number of aromatic nitrogens is 2. The van der Waals surface area contributed by atoms with Crippen molar-refractivity contribution in [1.29, 1.82) is 0 Å². The minimum atomic E-state index is 0.302. The molecule has 7 heteroatoms. The summed E-state index contributed by atoms with van der Waals surface area (Å²) in [6, 6.07) is 2.11. The van der Waals surface area contributed by atoms with Crippen LogP contribution >= 0.6 is 22.7 Å². The molecule has 1 aliphatic heterocycles. The van der Waals surface area contributed by atoms with Crippen molar-refractivity contribution in [2.45, 2.75) is 44.9 Å². The molecule has 4 heterocycles. The second-order valence-corrected chi connectivity index (χ2v) is 10.6. The molecule has 6 rings (SSSR count). The van der Waals surface area contributed by atoms with Crippen LogP contribution in [0.15, 0.2) is 16.8 Å². The normalized spacial score (nSPS) is 19.7. The summed E-state index contributed by atoms with van der Waals surface area (Å²) in [6.07, 6.45) is 8.02. The van der Waals surface area contributed by atoms with Gasteiger partial charge in [0.15, 0.2) is 5.82 Å². The van der Waals surface area contributed by atoms with Crippen molar-refractivity contribution in [3.8, 4) is 11.4 Å². The molecule has 0 bridgehead atoms. The van der Waals surface area contributed by atoms with Crippen LogP contribution in [-0.4, -0.2) is 47.0 Å². The molecule has 2 fully saturated rings. The van der Waals surface area contributed by atoms with Gasteiger partial charge in [0.1, 0.15) is 10.6 Å². The Bertz CT molecular complexity index is 1090. The summed E-state index contributed by atoms with van der Waals surface area (Å²) in [7, 11) is 0. The zero-order valence-corrected chi connectivity index (χ0v) is 18.7. The molecule has 5 nitrogen and oxygen atoms in total. The van der Waals surface area contributed by atoms with Crippen molar-refractivity contribution in [2.24, 2.45) is 5.92 Å². The second-order valence-electron chi connectivity index (χ2n) is 8.71. The Labute approximate surface area is 184 Å².